The molecule has 29 heavy (non-hydrogen) atoms. The largest absolute Gasteiger partial charge is 0.0895 e. The highest BCUT2D eigenvalue weighted by Gasteiger charge is 2.29. The average molecular weight is 407 g/mol. The Morgan fingerprint density at radius 1 is 0.621 bits per heavy atom. The predicted octanol–water partition coefficient (Wildman–Crippen LogP) is 9.04. The minimum Gasteiger partial charge on any atom is -0.0895 e. The summed E-state index contributed by atoms with van der Waals surface area (Å²) in [7, 11) is 0. The van der Waals surface area contributed by atoms with Crippen LogP contribution < -0.4 is 0 Å². The minimum absolute atomic E-state index is 0.731. The lowest BCUT2D eigenvalue weighted by Crippen LogP contribution is -2.17. The second-order valence-corrected chi connectivity index (χ2v) is 10.9. The van der Waals surface area contributed by atoms with E-state index < -0.39 is 0 Å². The molecule has 0 radical (unpaired) electrons. The molecule has 2 fully saturated rings. The molecular weight excluding hydrogens is 368 g/mol. The van der Waals surface area contributed by atoms with E-state index in [1.54, 1.807) is 11.1 Å². The third-order valence-corrected chi connectivity index (χ3v) is 8.90. The molecule has 2 aliphatic carbocycles. The molecule has 156 valence electrons. The average Bonchev–Trinajstić information content (AvgIpc) is 2.70. The Morgan fingerprint density at radius 2 is 1.03 bits per heavy atom. The van der Waals surface area contributed by atoms with Gasteiger partial charge in [0.1, 0.15) is 0 Å². The second kappa shape index (κ2) is 9.29. The summed E-state index contributed by atoms with van der Waals surface area (Å²) in [5, 5.41) is 0. The van der Waals surface area contributed by atoms with E-state index in [9.17, 15) is 0 Å². The smallest absolute Gasteiger partial charge is 0.0160 e. The van der Waals surface area contributed by atoms with Gasteiger partial charge in [-0.25, -0.2) is 0 Å². The quantitative estimate of drug-likeness (QED) is 0.488. The highest BCUT2D eigenvalue weighted by atomic mass is 32.2. The van der Waals surface area contributed by atoms with Crippen molar-refractivity contribution in [2.75, 3.05) is 0 Å². The number of benzene rings is 2. The summed E-state index contributed by atoms with van der Waals surface area (Å²) in [6.07, 6.45) is 11.1. The molecule has 2 aromatic rings. The fourth-order valence-electron chi connectivity index (χ4n) is 6.04. The molecule has 0 aliphatic heterocycles. The maximum atomic E-state index is 2.48. The molecule has 2 aliphatic rings. The van der Waals surface area contributed by atoms with Crippen molar-refractivity contribution in [3.8, 4) is 0 Å². The van der Waals surface area contributed by atoms with Gasteiger partial charge < -0.3 is 0 Å². The summed E-state index contributed by atoms with van der Waals surface area (Å²) < 4.78 is 0. The Kier molecular flexibility index (Phi) is 6.74. The summed E-state index contributed by atoms with van der Waals surface area (Å²) in [6, 6.07) is 14.0. The van der Waals surface area contributed by atoms with Gasteiger partial charge in [0.2, 0.25) is 0 Å². The van der Waals surface area contributed by atoms with E-state index in [2.05, 4.69) is 75.9 Å². The first kappa shape index (κ1) is 21.0. The van der Waals surface area contributed by atoms with Crippen LogP contribution in [0.3, 0.4) is 0 Å². The van der Waals surface area contributed by atoms with Gasteiger partial charge in [0, 0.05) is 9.79 Å². The Hall–Kier alpha value is -1.21. The number of hydrogen-bond donors (Lipinski definition) is 0. The van der Waals surface area contributed by atoms with E-state index in [0.717, 1.165) is 23.7 Å². The van der Waals surface area contributed by atoms with Crippen LogP contribution >= 0.6 is 11.8 Å². The first-order valence-electron chi connectivity index (χ1n) is 11.9. The maximum Gasteiger partial charge on any atom is 0.0160 e. The van der Waals surface area contributed by atoms with E-state index in [1.165, 1.54) is 72.3 Å². The highest BCUT2D eigenvalue weighted by Crippen LogP contribution is 2.48. The summed E-state index contributed by atoms with van der Waals surface area (Å²) in [5.74, 6) is 3.07. The van der Waals surface area contributed by atoms with E-state index in [-0.39, 0.29) is 0 Å². The summed E-state index contributed by atoms with van der Waals surface area (Å²) >= 11 is 2.06. The molecule has 0 N–H and O–H groups in total. The molecule has 0 heterocycles. The summed E-state index contributed by atoms with van der Waals surface area (Å²) in [5.41, 5.74) is 6.28. The Morgan fingerprint density at radius 3 is 1.45 bits per heavy atom. The zero-order valence-electron chi connectivity index (χ0n) is 18.8. The van der Waals surface area contributed by atoms with Crippen LogP contribution in [0.5, 0.6) is 0 Å². The van der Waals surface area contributed by atoms with Gasteiger partial charge in [-0.15, -0.1) is 0 Å². The van der Waals surface area contributed by atoms with Crippen molar-refractivity contribution in [2.45, 2.75) is 101 Å². The van der Waals surface area contributed by atoms with Crippen molar-refractivity contribution in [2.24, 2.45) is 11.8 Å². The predicted molar refractivity (Wildman–Crippen MR) is 127 cm³/mol. The Bertz CT molecular complexity index is 767. The van der Waals surface area contributed by atoms with Crippen molar-refractivity contribution in [1.82, 2.24) is 0 Å². The van der Waals surface area contributed by atoms with Crippen LogP contribution in [0.25, 0.3) is 0 Å². The zero-order chi connectivity index (χ0) is 20.4. The second-order valence-electron chi connectivity index (χ2n) is 9.81. The standard InChI is InChI=1S/C28H38S/c1-19-11-5-7-15-23(19)27-21(3)13-9-17-25(27)29-26-18-10-14-22(4)28(26)24-16-8-6-12-20(24)2/h9-10,13-14,17-20,23-24H,5-8,11-12,15-16H2,1-4H3. The topological polar surface area (TPSA) is 0 Å². The van der Waals surface area contributed by atoms with E-state index in [4.69, 9.17) is 0 Å². The van der Waals surface area contributed by atoms with Gasteiger partial charge in [-0.05, 0) is 84.7 Å². The van der Waals surface area contributed by atoms with Crippen molar-refractivity contribution in [1.29, 1.82) is 0 Å². The molecule has 4 rings (SSSR count). The third kappa shape index (κ3) is 4.46. The van der Waals surface area contributed by atoms with Gasteiger partial charge >= 0.3 is 0 Å². The fourth-order valence-corrected chi connectivity index (χ4v) is 7.42. The molecule has 4 atom stereocenters. The highest BCUT2D eigenvalue weighted by molar-refractivity contribution is 7.99. The van der Waals surface area contributed by atoms with Gasteiger partial charge in [-0.2, -0.15) is 0 Å². The van der Waals surface area contributed by atoms with Crippen molar-refractivity contribution >= 4 is 11.8 Å². The van der Waals surface area contributed by atoms with Gasteiger partial charge in [0.15, 0.2) is 0 Å². The number of hydrogen-bond acceptors (Lipinski definition) is 1. The lowest BCUT2D eigenvalue weighted by atomic mass is 9.75. The maximum absolute atomic E-state index is 2.48. The molecular formula is C28H38S. The van der Waals surface area contributed by atoms with Crippen molar-refractivity contribution in [3.63, 3.8) is 0 Å². The first-order valence-corrected chi connectivity index (χ1v) is 12.7. The van der Waals surface area contributed by atoms with E-state index >= 15 is 0 Å². The normalized spacial score (nSPS) is 27.7. The van der Waals surface area contributed by atoms with Crippen LogP contribution in [0.2, 0.25) is 0 Å². The Balaban J connectivity index is 1.72. The number of aryl methyl sites for hydroxylation is 2. The van der Waals surface area contributed by atoms with Gasteiger partial charge in [-0.1, -0.05) is 88.4 Å². The first-order chi connectivity index (χ1) is 14.1. The number of rotatable bonds is 4. The molecule has 0 saturated heterocycles. The third-order valence-electron chi connectivity index (χ3n) is 7.75. The SMILES string of the molecule is Cc1cccc(Sc2cccc(C)c2C2CCCCC2C)c1C1CCCCC1C. The molecule has 1 heteroatoms. The monoisotopic (exact) mass is 406 g/mol. The van der Waals surface area contributed by atoms with Crippen molar-refractivity contribution in [3.05, 3.63) is 58.7 Å². The molecule has 2 aromatic carbocycles. The van der Waals surface area contributed by atoms with Gasteiger partial charge in [-0.3, -0.25) is 0 Å². The van der Waals surface area contributed by atoms with Crippen LogP contribution in [0.4, 0.5) is 0 Å². The minimum atomic E-state index is 0.731. The van der Waals surface area contributed by atoms with E-state index in [1.807, 2.05) is 0 Å². The molecule has 0 spiro atoms. The molecule has 0 amide bonds. The molecule has 0 nitrogen and oxygen atoms in total. The molecule has 2 saturated carbocycles. The van der Waals surface area contributed by atoms with Crippen LogP contribution in [-0.2, 0) is 0 Å². The lowest BCUT2D eigenvalue weighted by Gasteiger charge is -2.33. The molecule has 4 unspecified atom stereocenters. The van der Waals surface area contributed by atoms with Crippen LogP contribution in [0.1, 0.15) is 99.3 Å². The van der Waals surface area contributed by atoms with Crippen molar-refractivity contribution < 1.29 is 0 Å². The van der Waals surface area contributed by atoms with Crippen LogP contribution in [0, 0.1) is 25.7 Å². The Labute approximate surface area is 182 Å². The van der Waals surface area contributed by atoms with Crippen LogP contribution in [-0.4, -0.2) is 0 Å². The summed E-state index contributed by atoms with van der Waals surface area (Å²) in [4.78, 5) is 3.03. The summed E-state index contributed by atoms with van der Waals surface area (Å²) in [6.45, 7) is 9.63. The van der Waals surface area contributed by atoms with Gasteiger partial charge in [0.05, 0.1) is 0 Å². The zero-order valence-corrected chi connectivity index (χ0v) is 19.7. The lowest BCUT2D eigenvalue weighted by molar-refractivity contribution is 0.326. The van der Waals surface area contributed by atoms with Crippen LogP contribution in [0.15, 0.2) is 46.2 Å². The molecule has 0 bridgehead atoms. The fraction of sp³-hybridized carbons (Fsp3) is 0.571. The van der Waals surface area contributed by atoms with E-state index in [0.29, 0.717) is 0 Å². The molecule has 0 aromatic heterocycles. The van der Waals surface area contributed by atoms with Gasteiger partial charge in [0.25, 0.3) is 0 Å².